The van der Waals surface area contributed by atoms with Crippen molar-refractivity contribution in [2.75, 3.05) is 18.9 Å². The van der Waals surface area contributed by atoms with E-state index in [1.807, 2.05) is 20.8 Å². The van der Waals surface area contributed by atoms with E-state index in [1.54, 1.807) is 18.1 Å². The molecule has 0 saturated heterocycles. The molecule has 0 fully saturated rings. The summed E-state index contributed by atoms with van der Waals surface area (Å²) in [4.78, 5) is 16.0. The van der Waals surface area contributed by atoms with Crippen molar-refractivity contribution >= 4 is 29.3 Å². The normalized spacial score (nSPS) is 14.2. The molecule has 1 aromatic heterocycles. The molecule has 0 bridgehead atoms. The number of nitrogens with one attached hydrogen (secondary N) is 1. The van der Waals surface area contributed by atoms with Gasteiger partial charge in [-0.1, -0.05) is 18.7 Å². The molecule has 5 nitrogen and oxygen atoms in total. The Bertz CT molecular complexity index is 359. The van der Waals surface area contributed by atoms with Crippen LogP contribution in [0.3, 0.4) is 0 Å². The van der Waals surface area contributed by atoms with Gasteiger partial charge >= 0.3 is 5.97 Å². The van der Waals surface area contributed by atoms with Crippen LogP contribution in [0.2, 0.25) is 0 Å². The molecule has 1 atom stereocenters. The van der Waals surface area contributed by atoms with E-state index >= 15 is 0 Å². The topological polar surface area (TPSA) is 64.1 Å². The van der Waals surface area contributed by atoms with E-state index in [1.165, 1.54) is 11.5 Å². The van der Waals surface area contributed by atoms with Crippen molar-refractivity contribution in [2.45, 2.75) is 37.1 Å². The van der Waals surface area contributed by atoms with Gasteiger partial charge in [0.05, 0.1) is 6.61 Å². The van der Waals surface area contributed by atoms with Crippen molar-refractivity contribution in [1.82, 2.24) is 14.7 Å². The number of aromatic nitrogens is 2. The van der Waals surface area contributed by atoms with Crippen molar-refractivity contribution in [1.29, 1.82) is 0 Å². The van der Waals surface area contributed by atoms with Crippen molar-refractivity contribution in [3.05, 3.63) is 6.33 Å². The van der Waals surface area contributed by atoms with Crippen LogP contribution in [0.5, 0.6) is 0 Å². The molecule has 0 spiro atoms. The molecule has 0 radical (unpaired) electrons. The highest BCUT2D eigenvalue weighted by molar-refractivity contribution is 8.00. The molecule has 1 unspecified atom stereocenters. The summed E-state index contributed by atoms with van der Waals surface area (Å²) in [6.45, 7) is 6.83. The van der Waals surface area contributed by atoms with Crippen molar-refractivity contribution < 1.29 is 9.53 Å². The Labute approximate surface area is 116 Å². The summed E-state index contributed by atoms with van der Waals surface area (Å²) in [6.07, 6.45) is 2.24. The summed E-state index contributed by atoms with van der Waals surface area (Å²) in [5.41, 5.74) is -0.623. The van der Waals surface area contributed by atoms with Gasteiger partial charge in [-0.05, 0) is 38.3 Å². The molecule has 1 aromatic rings. The zero-order valence-corrected chi connectivity index (χ0v) is 12.6. The van der Waals surface area contributed by atoms with E-state index < -0.39 is 5.54 Å². The second-order valence-corrected chi connectivity index (χ2v) is 6.01. The zero-order valence-electron chi connectivity index (χ0n) is 10.9. The molecule has 1 rings (SSSR count). The van der Waals surface area contributed by atoms with Gasteiger partial charge in [-0.2, -0.15) is 4.37 Å². The Kier molecular flexibility index (Phi) is 6.59. The third-order valence-electron chi connectivity index (χ3n) is 2.46. The highest BCUT2D eigenvalue weighted by Crippen LogP contribution is 2.23. The number of hydrogen-bond acceptors (Lipinski definition) is 7. The Hall–Kier alpha value is -0.660. The summed E-state index contributed by atoms with van der Waals surface area (Å²) in [6, 6.07) is 0. The largest absolute Gasteiger partial charge is 0.465 e. The van der Waals surface area contributed by atoms with Crippen molar-refractivity contribution in [3.63, 3.8) is 0 Å². The number of carbonyl (C=O) groups excluding carboxylic acids is 1. The highest BCUT2D eigenvalue weighted by Gasteiger charge is 2.33. The minimum Gasteiger partial charge on any atom is -0.465 e. The SMILES string of the molecule is CCNC(C)(CCSc1ncns1)C(=O)OCC. The van der Waals surface area contributed by atoms with Gasteiger partial charge in [0, 0.05) is 5.75 Å². The van der Waals surface area contributed by atoms with Crippen LogP contribution in [0.25, 0.3) is 0 Å². The van der Waals surface area contributed by atoms with E-state index in [2.05, 4.69) is 14.7 Å². The van der Waals surface area contributed by atoms with Crippen molar-refractivity contribution in [3.8, 4) is 0 Å². The maximum atomic E-state index is 11.9. The molecular formula is C11H19N3O2S2. The lowest BCUT2D eigenvalue weighted by molar-refractivity contribution is -0.150. The standard InChI is InChI=1S/C11H19N3O2S2/c1-4-13-11(3,9(15)16-5-2)6-7-17-10-12-8-14-18-10/h8,13H,4-7H2,1-3H3. The average molecular weight is 289 g/mol. The number of ether oxygens (including phenoxy) is 1. The Morgan fingerprint density at radius 2 is 2.39 bits per heavy atom. The smallest absolute Gasteiger partial charge is 0.326 e. The first-order chi connectivity index (χ1) is 8.62. The predicted molar refractivity (Wildman–Crippen MR) is 74.0 cm³/mol. The van der Waals surface area contributed by atoms with E-state index in [9.17, 15) is 4.79 Å². The van der Waals surface area contributed by atoms with Gasteiger partial charge in [0.2, 0.25) is 0 Å². The minimum atomic E-state index is -0.623. The molecule has 0 aliphatic rings. The summed E-state index contributed by atoms with van der Waals surface area (Å²) in [7, 11) is 0. The second-order valence-electron chi connectivity index (χ2n) is 3.89. The molecule has 0 amide bonds. The third-order valence-corrected chi connectivity index (χ3v) is 4.26. The number of likely N-dealkylation sites (N-methyl/N-ethyl adjacent to an activating group) is 1. The predicted octanol–water partition coefficient (Wildman–Crippen LogP) is 1.95. The number of nitrogens with zero attached hydrogens (tertiary/aromatic N) is 2. The maximum absolute atomic E-state index is 11.9. The summed E-state index contributed by atoms with van der Waals surface area (Å²) in [5.74, 6) is 0.613. The minimum absolute atomic E-state index is 0.190. The Balaban J connectivity index is 2.48. The van der Waals surface area contributed by atoms with Crippen LogP contribution in [0, 0.1) is 0 Å². The Morgan fingerprint density at radius 1 is 1.61 bits per heavy atom. The monoisotopic (exact) mass is 289 g/mol. The summed E-state index contributed by atoms with van der Waals surface area (Å²) < 4.78 is 9.98. The van der Waals surface area contributed by atoms with Gasteiger partial charge in [-0.15, -0.1) is 0 Å². The van der Waals surface area contributed by atoms with Crippen LogP contribution in [0.15, 0.2) is 10.7 Å². The van der Waals surface area contributed by atoms with Gasteiger partial charge in [0.1, 0.15) is 11.9 Å². The van der Waals surface area contributed by atoms with Gasteiger partial charge in [0.15, 0.2) is 4.34 Å². The van der Waals surface area contributed by atoms with E-state index in [0.29, 0.717) is 13.0 Å². The summed E-state index contributed by atoms with van der Waals surface area (Å²) >= 11 is 2.98. The van der Waals surface area contributed by atoms with Crippen LogP contribution >= 0.6 is 23.3 Å². The lowest BCUT2D eigenvalue weighted by atomic mass is 9.99. The second kappa shape index (κ2) is 7.70. The number of carbonyl (C=O) groups is 1. The average Bonchev–Trinajstić information content (AvgIpc) is 2.83. The lowest BCUT2D eigenvalue weighted by Gasteiger charge is -2.27. The molecule has 1 heterocycles. The first kappa shape index (κ1) is 15.4. The van der Waals surface area contributed by atoms with Crippen molar-refractivity contribution in [2.24, 2.45) is 0 Å². The molecule has 0 aliphatic heterocycles. The number of rotatable bonds is 8. The van der Waals surface area contributed by atoms with Gasteiger partial charge < -0.3 is 10.1 Å². The van der Waals surface area contributed by atoms with E-state index in [0.717, 1.165) is 16.6 Å². The Morgan fingerprint density at radius 3 is 2.94 bits per heavy atom. The number of esters is 1. The fraction of sp³-hybridized carbons (Fsp3) is 0.727. The van der Waals surface area contributed by atoms with E-state index in [4.69, 9.17) is 4.74 Å². The third kappa shape index (κ3) is 4.55. The maximum Gasteiger partial charge on any atom is 0.326 e. The molecule has 0 aromatic carbocycles. The van der Waals surface area contributed by atoms with Crippen LogP contribution in [-0.4, -0.2) is 39.8 Å². The highest BCUT2D eigenvalue weighted by atomic mass is 32.2. The molecule has 102 valence electrons. The fourth-order valence-corrected chi connectivity index (χ4v) is 3.19. The molecule has 7 heteroatoms. The van der Waals surface area contributed by atoms with Crippen LogP contribution in [0.1, 0.15) is 27.2 Å². The van der Waals surface area contributed by atoms with Gasteiger partial charge in [-0.3, -0.25) is 4.79 Å². The summed E-state index contributed by atoms with van der Waals surface area (Å²) in [5, 5.41) is 3.20. The van der Waals surface area contributed by atoms with Crippen LogP contribution < -0.4 is 5.32 Å². The lowest BCUT2D eigenvalue weighted by Crippen LogP contribution is -2.50. The number of thioether (sulfide) groups is 1. The molecule has 0 saturated carbocycles. The van der Waals surface area contributed by atoms with Crippen LogP contribution in [0.4, 0.5) is 0 Å². The molecule has 18 heavy (non-hydrogen) atoms. The van der Waals surface area contributed by atoms with Crippen LogP contribution in [-0.2, 0) is 9.53 Å². The molecule has 0 aliphatic carbocycles. The quantitative estimate of drug-likeness (QED) is 0.583. The molecule has 1 N–H and O–H groups in total. The number of hydrogen-bond donors (Lipinski definition) is 1. The first-order valence-electron chi connectivity index (χ1n) is 5.94. The fourth-order valence-electron chi connectivity index (χ4n) is 1.51. The van der Waals surface area contributed by atoms with E-state index in [-0.39, 0.29) is 5.97 Å². The zero-order chi connectivity index (χ0) is 13.4. The molecular weight excluding hydrogens is 270 g/mol. The first-order valence-corrected chi connectivity index (χ1v) is 7.70. The van der Waals surface area contributed by atoms with Gasteiger partial charge in [-0.25, -0.2) is 4.98 Å². The van der Waals surface area contributed by atoms with Gasteiger partial charge in [0.25, 0.3) is 0 Å².